The number of carbonyl (C=O) groups excluding carboxylic acids is 2. The molecule has 8 heteroatoms. The van der Waals surface area contributed by atoms with E-state index in [1.807, 2.05) is 0 Å². The molecule has 0 heterocycles. The number of carbonyl (C=O) groups is 2. The number of rotatable bonds is 5. The van der Waals surface area contributed by atoms with E-state index in [0.717, 1.165) is 0 Å². The molecule has 0 unspecified atom stereocenters. The summed E-state index contributed by atoms with van der Waals surface area (Å²) in [7, 11) is -3.60. The second kappa shape index (κ2) is 6.30. The molecule has 0 saturated carbocycles. The number of hydrogen-bond acceptors (Lipinski definition) is 4. The van der Waals surface area contributed by atoms with E-state index in [9.17, 15) is 18.0 Å². The zero-order chi connectivity index (χ0) is 14.5. The number of amides is 2. The van der Waals surface area contributed by atoms with Crippen molar-refractivity contribution in [2.45, 2.75) is 6.92 Å². The van der Waals surface area contributed by atoms with E-state index in [2.05, 4.69) is 10.6 Å². The van der Waals surface area contributed by atoms with Gasteiger partial charge in [0.2, 0.25) is 10.0 Å². The van der Waals surface area contributed by atoms with Crippen molar-refractivity contribution in [3.63, 3.8) is 0 Å². The molecule has 0 atom stereocenters. The molecular formula is C11H15N3O4S. The molecule has 0 spiro atoms. The monoisotopic (exact) mass is 285 g/mol. The molecule has 0 saturated heterocycles. The Kier molecular flexibility index (Phi) is 5.02. The fourth-order valence-corrected chi connectivity index (χ4v) is 1.68. The molecule has 104 valence electrons. The first kappa shape index (κ1) is 15.1. The van der Waals surface area contributed by atoms with Gasteiger partial charge < -0.3 is 10.6 Å². The lowest BCUT2D eigenvalue weighted by atomic mass is 10.1. The van der Waals surface area contributed by atoms with Gasteiger partial charge in [0.1, 0.15) is 0 Å². The van der Waals surface area contributed by atoms with Gasteiger partial charge in [-0.15, -0.1) is 0 Å². The Balaban J connectivity index is 2.53. The Hall–Kier alpha value is -1.93. The number of nitrogens with one attached hydrogen (secondary N) is 2. The lowest BCUT2D eigenvalue weighted by Crippen LogP contribution is -2.34. The first-order valence-corrected chi connectivity index (χ1v) is 7.16. The van der Waals surface area contributed by atoms with Crippen molar-refractivity contribution in [1.29, 1.82) is 0 Å². The van der Waals surface area contributed by atoms with E-state index in [0.29, 0.717) is 11.3 Å². The summed E-state index contributed by atoms with van der Waals surface area (Å²) < 4.78 is 21.3. The molecule has 0 bridgehead atoms. The second-order valence-corrected chi connectivity index (χ2v) is 5.62. The van der Waals surface area contributed by atoms with Gasteiger partial charge >= 0.3 is 6.03 Å². The molecule has 0 aliphatic heterocycles. The highest BCUT2D eigenvalue weighted by Crippen LogP contribution is 2.10. The standard InChI is InChI=1S/C11H15N3O4S/c1-8(15)9-3-2-4-10(7-9)14-11(16)13-5-6-19(12,17)18/h2-4,7H,5-6H2,1H3,(H2,12,17,18)(H2,13,14,16). The molecule has 1 aromatic rings. The summed E-state index contributed by atoms with van der Waals surface area (Å²) in [6.45, 7) is 1.34. The van der Waals surface area contributed by atoms with Crippen molar-refractivity contribution >= 4 is 27.5 Å². The van der Waals surface area contributed by atoms with Gasteiger partial charge in [0.15, 0.2) is 5.78 Å². The van der Waals surface area contributed by atoms with Crippen LogP contribution >= 0.6 is 0 Å². The summed E-state index contributed by atoms with van der Waals surface area (Å²) in [6, 6.07) is 5.85. The fourth-order valence-electron chi connectivity index (χ4n) is 1.30. The molecule has 7 nitrogen and oxygen atoms in total. The predicted molar refractivity (Wildman–Crippen MR) is 71.4 cm³/mol. The van der Waals surface area contributed by atoms with E-state index in [-0.39, 0.29) is 18.1 Å². The van der Waals surface area contributed by atoms with Crippen molar-refractivity contribution in [3.8, 4) is 0 Å². The minimum Gasteiger partial charge on any atom is -0.337 e. The van der Waals surface area contributed by atoms with Gasteiger partial charge in [-0.1, -0.05) is 12.1 Å². The minimum absolute atomic E-state index is 0.0862. The van der Waals surface area contributed by atoms with Crippen LogP contribution in [0.4, 0.5) is 10.5 Å². The molecular weight excluding hydrogens is 270 g/mol. The van der Waals surface area contributed by atoms with Crippen molar-refractivity contribution in [2.24, 2.45) is 5.14 Å². The topological polar surface area (TPSA) is 118 Å². The Morgan fingerprint density at radius 2 is 2.00 bits per heavy atom. The average Bonchev–Trinajstić information content (AvgIpc) is 2.27. The zero-order valence-corrected chi connectivity index (χ0v) is 11.2. The van der Waals surface area contributed by atoms with E-state index >= 15 is 0 Å². The van der Waals surface area contributed by atoms with Gasteiger partial charge in [0.25, 0.3) is 0 Å². The number of nitrogens with two attached hydrogens (primary N) is 1. The van der Waals surface area contributed by atoms with Gasteiger partial charge in [-0.05, 0) is 19.1 Å². The van der Waals surface area contributed by atoms with E-state index in [1.54, 1.807) is 18.2 Å². The highest BCUT2D eigenvalue weighted by molar-refractivity contribution is 7.89. The minimum atomic E-state index is -3.60. The maximum Gasteiger partial charge on any atom is 0.319 e. The van der Waals surface area contributed by atoms with Crippen LogP contribution in [-0.4, -0.2) is 32.5 Å². The summed E-state index contributed by atoms with van der Waals surface area (Å²) in [4.78, 5) is 22.6. The number of anilines is 1. The third-order valence-electron chi connectivity index (χ3n) is 2.20. The SMILES string of the molecule is CC(=O)c1cccc(NC(=O)NCCS(N)(=O)=O)c1. The summed E-state index contributed by atoms with van der Waals surface area (Å²) in [5.41, 5.74) is 0.920. The van der Waals surface area contributed by atoms with Crippen molar-refractivity contribution in [2.75, 3.05) is 17.6 Å². The summed E-state index contributed by atoms with van der Waals surface area (Å²) in [5.74, 6) is -0.452. The van der Waals surface area contributed by atoms with E-state index < -0.39 is 16.1 Å². The zero-order valence-electron chi connectivity index (χ0n) is 10.3. The molecule has 1 rings (SSSR count). The molecule has 2 amide bonds. The van der Waals surface area contributed by atoms with Crippen LogP contribution in [-0.2, 0) is 10.0 Å². The molecule has 1 aromatic carbocycles. The van der Waals surface area contributed by atoms with Gasteiger partial charge in [-0.2, -0.15) is 0 Å². The van der Waals surface area contributed by atoms with Crippen LogP contribution in [0.2, 0.25) is 0 Å². The Labute approximate surface area is 111 Å². The predicted octanol–water partition coefficient (Wildman–Crippen LogP) is 0.299. The van der Waals surface area contributed by atoms with Crippen LogP contribution in [0.3, 0.4) is 0 Å². The van der Waals surface area contributed by atoms with E-state index in [4.69, 9.17) is 5.14 Å². The smallest absolute Gasteiger partial charge is 0.319 e. The number of sulfonamides is 1. The van der Waals surface area contributed by atoms with Gasteiger partial charge in [-0.3, -0.25) is 4.79 Å². The maximum absolute atomic E-state index is 11.4. The molecule has 0 radical (unpaired) electrons. The van der Waals surface area contributed by atoms with Gasteiger partial charge in [0, 0.05) is 17.8 Å². The lowest BCUT2D eigenvalue weighted by molar-refractivity contribution is 0.101. The largest absolute Gasteiger partial charge is 0.337 e. The lowest BCUT2D eigenvalue weighted by Gasteiger charge is -2.07. The first-order chi connectivity index (χ1) is 8.78. The number of benzene rings is 1. The number of hydrogen-bond donors (Lipinski definition) is 3. The Bertz CT molecular complexity index is 583. The summed E-state index contributed by atoms with van der Waals surface area (Å²) >= 11 is 0. The number of ketones is 1. The van der Waals surface area contributed by atoms with Crippen LogP contribution in [0.5, 0.6) is 0 Å². The fraction of sp³-hybridized carbons (Fsp3) is 0.273. The summed E-state index contributed by atoms with van der Waals surface area (Å²) in [6.07, 6.45) is 0. The van der Waals surface area contributed by atoms with Crippen LogP contribution < -0.4 is 15.8 Å². The quantitative estimate of drug-likeness (QED) is 0.674. The Morgan fingerprint density at radius 3 is 2.58 bits per heavy atom. The van der Waals surface area contributed by atoms with Crippen LogP contribution in [0.15, 0.2) is 24.3 Å². The van der Waals surface area contributed by atoms with Crippen molar-refractivity contribution in [1.82, 2.24) is 5.32 Å². The van der Waals surface area contributed by atoms with E-state index in [1.165, 1.54) is 13.0 Å². The highest BCUT2D eigenvalue weighted by Gasteiger charge is 2.06. The number of Topliss-reactive ketones (excluding diaryl/α,β-unsaturated/α-hetero) is 1. The molecule has 4 N–H and O–H groups in total. The van der Waals surface area contributed by atoms with Crippen LogP contribution in [0.25, 0.3) is 0 Å². The van der Waals surface area contributed by atoms with Gasteiger partial charge in [-0.25, -0.2) is 18.4 Å². The average molecular weight is 285 g/mol. The third-order valence-corrected chi connectivity index (χ3v) is 2.97. The molecule has 19 heavy (non-hydrogen) atoms. The van der Waals surface area contributed by atoms with Crippen LogP contribution in [0.1, 0.15) is 17.3 Å². The maximum atomic E-state index is 11.4. The normalized spacial score (nSPS) is 10.8. The molecule has 0 aliphatic rings. The van der Waals surface area contributed by atoms with Gasteiger partial charge in [0.05, 0.1) is 5.75 Å². The second-order valence-electron chi connectivity index (χ2n) is 3.88. The highest BCUT2D eigenvalue weighted by atomic mass is 32.2. The third kappa shape index (κ3) is 5.98. The Morgan fingerprint density at radius 1 is 1.32 bits per heavy atom. The summed E-state index contributed by atoms with van der Waals surface area (Å²) in [5, 5.41) is 9.62. The molecule has 0 aromatic heterocycles. The number of urea groups is 1. The van der Waals surface area contributed by atoms with Crippen molar-refractivity contribution in [3.05, 3.63) is 29.8 Å². The van der Waals surface area contributed by atoms with Crippen molar-refractivity contribution < 1.29 is 18.0 Å². The first-order valence-electron chi connectivity index (χ1n) is 5.44. The molecule has 0 aliphatic carbocycles. The number of primary sulfonamides is 1. The molecule has 0 fully saturated rings. The van der Waals surface area contributed by atoms with Crippen LogP contribution in [0, 0.1) is 0 Å².